The van der Waals surface area contributed by atoms with Gasteiger partial charge in [0.25, 0.3) is 0 Å². The average molecular weight is 198 g/mol. The fourth-order valence-corrected chi connectivity index (χ4v) is 1.81. The lowest BCUT2D eigenvalue weighted by molar-refractivity contribution is 0.935. The van der Waals surface area contributed by atoms with Crippen molar-refractivity contribution in [2.45, 2.75) is 20.3 Å². The van der Waals surface area contributed by atoms with E-state index in [9.17, 15) is 0 Å². The Morgan fingerprint density at radius 2 is 1.80 bits per heavy atom. The molecule has 0 saturated carbocycles. The van der Waals surface area contributed by atoms with Gasteiger partial charge in [0.05, 0.1) is 5.69 Å². The van der Waals surface area contributed by atoms with Crippen LogP contribution in [0, 0.1) is 13.8 Å². The number of aromatic nitrogens is 2. The fraction of sp³-hybridized carbons (Fsp3) is 0.231. The molecule has 1 heterocycles. The normalized spacial score (nSPS) is 10.3. The summed E-state index contributed by atoms with van der Waals surface area (Å²) in [5.74, 6) is 0. The zero-order valence-electron chi connectivity index (χ0n) is 9.07. The molecular weight excluding hydrogens is 184 g/mol. The van der Waals surface area contributed by atoms with Gasteiger partial charge in [-0.25, -0.2) is 0 Å². The third kappa shape index (κ3) is 2.62. The Bertz CT molecular complexity index is 429. The average Bonchev–Trinajstić information content (AvgIpc) is 2.17. The molecule has 76 valence electrons. The molecule has 2 heteroatoms. The van der Waals surface area contributed by atoms with Gasteiger partial charge in [0.15, 0.2) is 0 Å². The highest BCUT2D eigenvalue weighted by molar-refractivity contribution is 5.30. The molecule has 0 bridgehead atoms. The van der Waals surface area contributed by atoms with Crippen LogP contribution in [0.3, 0.4) is 0 Å². The molecule has 0 spiro atoms. The maximum absolute atomic E-state index is 4.08. The van der Waals surface area contributed by atoms with E-state index in [4.69, 9.17) is 0 Å². The number of benzene rings is 1. The summed E-state index contributed by atoms with van der Waals surface area (Å²) in [6.45, 7) is 4.24. The summed E-state index contributed by atoms with van der Waals surface area (Å²) < 4.78 is 0. The highest BCUT2D eigenvalue weighted by atomic mass is 15.1. The minimum Gasteiger partial charge on any atom is -0.159 e. The number of nitrogens with zero attached hydrogens (tertiary/aromatic N) is 2. The summed E-state index contributed by atoms with van der Waals surface area (Å²) in [5.41, 5.74) is 4.92. The van der Waals surface area contributed by atoms with Crippen LogP contribution in [0.5, 0.6) is 0 Å². The third-order valence-corrected chi connectivity index (χ3v) is 2.29. The molecule has 1 aromatic carbocycles. The molecule has 0 radical (unpaired) electrons. The predicted molar refractivity (Wildman–Crippen MR) is 60.8 cm³/mol. The Labute approximate surface area is 90.0 Å². The zero-order chi connectivity index (χ0) is 10.7. The summed E-state index contributed by atoms with van der Waals surface area (Å²) in [6, 6.07) is 10.5. The van der Waals surface area contributed by atoms with Crippen molar-refractivity contribution in [1.29, 1.82) is 0 Å². The van der Waals surface area contributed by atoms with Crippen LogP contribution < -0.4 is 0 Å². The van der Waals surface area contributed by atoms with E-state index >= 15 is 0 Å². The first-order valence-corrected chi connectivity index (χ1v) is 5.08. The van der Waals surface area contributed by atoms with Crippen LogP contribution in [0.4, 0.5) is 0 Å². The molecule has 0 aliphatic heterocycles. The molecule has 0 saturated heterocycles. The topological polar surface area (TPSA) is 25.8 Å². The van der Waals surface area contributed by atoms with E-state index in [0.717, 1.165) is 12.1 Å². The van der Waals surface area contributed by atoms with Crippen molar-refractivity contribution in [3.8, 4) is 0 Å². The maximum Gasteiger partial charge on any atom is 0.0674 e. The predicted octanol–water partition coefficient (Wildman–Crippen LogP) is 2.68. The molecule has 0 atom stereocenters. The second kappa shape index (κ2) is 4.22. The van der Waals surface area contributed by atoms with E-state index in [1.54, 1.807) is 6.20 Å². The molecule has 2 aromatic rings. The number of hydrogen-bond donors (Lipinski definition) is 0. The second-order valence-electron chi connectivity index (χ2n) is 3.89. The van der Waals surface area contributed by atoms with Crippen LogP contribution in [-0.2, 0) is 6.42 Å². The molecule has 0 unspecified atom stereocenters. The number of hydrogen-bond acceptors (Lipinski definition) is 2. The molecule has 1 aromatic heterocycles. The number of rotatable bonds is 2. The SMILES string of the molecule is Cc1cc(C)cc(Cc2cccnn2)c1. The molecule has 2 rings (SSSR count). The minimum absolute atomic E-state index is 0.857. The van der Waals surface area contributed by atoms with Gasteiger partial charge in [0, 0.05) is 12.6 Å². The maximum atomic E-state index is 4.08. The zero-order valence-corrected chi connectivity index (χ0v) is 9.07. The molecule has 0 aliphatic carbocycles. The Balaban J connectivity index is 2.25. The Morgan fingerprint density at radius 3 is 2.40 bits per heavy atom. The largest absolute Gasteiger partial charge is 0.159 e. The molecule has 15 heavy (non-hydrogen) atoms. The summed E-state index contributed by atoms with van der Waals surface area (Å²) in [6.07, 6.45) is 2.56. The van der Waals surface area contributed by atoms with E-state index in [2.05, 4.69) is 42.2 Å². The van der Waals surface area contributed by atoms with Crippen molar-refractivity contribution in [3.05, 3.63) is 58.9 Å². The molecule has 0 fully saturated rings. The minimum atomic E-state index is 0.857. The van der Waals surface area contributed by atoms with Gasteiger partial charge in [-0.05, 0) is 31.5 Å². The fourth-order valence-electron chi connectivity index (χ4n) is 1.81. The smallest absolute Gasteiger partial charge is 0.0674 e. The van der Waals surface area contributed by atoms with Crippen LogP contribution in [0.25, 0.3) is 0 Å². The van der Waals surface area contributed by atoms with Crippen molar-refractivity contribution >= 4 is 0 Å². The van der Waals surface area contributed by atoms with Gasteiger partial charge in [-0.3, -0.25) is 0 Å². The highest BCUT2D eigenvalue weighted by Crippen LogP contribution is 2.11. The monoisotopic (exact) mass is 198 g/mol. The summed E-state index contributed by atoms with van der Waals surface area (Å²) in [7, 11) is 0. The van der Waals surface area contributed by atoms with Gasteiger partial charge in [-0.1, -0.05) is 29.3 Å². The summed E-state index contributed by atoms with van der Waals surface area (Å²) in [4.78, 5) is 0. The number of aryl methyl sites for hydroxylation is 2. The van der Waals surface area contributed by atoms with E-state index < -0.39 is 0 Å². The lowest BCUT2D eigenvalue weighted by atomic mass is 10.0. The van der Waals surface area contributed by atoms with Crippen molar-refractivity contribution in [3.63, 3.8) is 0 Å². The third-order valence-electron chi connectivity index (χ3n) is 2.29. The van der Waals surface area contributed by atoms with Crippen molar-refractivity contribution < 1.29 is 0 Å². The van der Waals surface area contributed by atoms with E-state index in [1.165, 1.54) is 16.7 Å². The first kappa shape index (κ1) is 9.84. The van der Waals surface area contributed by atoms with Crippen LogP contribution in [0.1, 0.15) is 22.4 Å². The second-order valence-corrected chi connectivity index (χ2v) is 3.89. The lowest BCUT2D eigenvalue weighted by Crippen LogP contribution is -1.94. The van der Waals surface area contributed by atoms with Crippen molar-refractivity contribution in [2.75, 3.05) is 0 Å². The van der Waals surface area contributed by atoms with Gasteiger partial charge < -0.3 is 0 Å². The van der Waals surface area contributed by atoms with Gasteiger partial charge in [0.2, 0.25) is 0 Å². The van der Waals surface area contributed by atoms with Gasteiger partial charge in [-0.15, -0.1) is 0 Å². The summed E-state index contributed by atoms with van der Waals surface area (Å²) in [5, 5.41) is 7.96. The first-order chi connectivity index (χ1) is 7.24. The van der Waals surface area contributed by atoms with Crippen molar-refractivity contribution in [2.24, 2.45) is 0 Å². The van der Waals surface area contributed by atoms with Crippen molar-refractivity contribution in [1.82, 2.24) is 10.2 Å². The molecule has 0 aliphatic rings. The Kier molecular flexibility index (Phi) is 2.77. The van der Waals surface area contributed by atoms with Gasteiger partial charge in [0.1, 0.15) is 0 Å². The lowest BCUT2D eigenvalue weighted by Gasteiger charge is -2.03. The Hall–Kier alpha value is -1.70. The van der Waals surface area contributed by atoms with Crippen LogP contribution >= 0.6 is 0 Å². The quantitative estimate of drug-likeness (QED) is 0.741. The van der Waals surface area contributed by atoms with Gasteiger partial charge >= 0.3 is 0 Å². The summed E-state index contributed by atoms with van der Waals surface area (Å²) >= 11 is 0. The molecule has 0 N–H and O–H groups in total. The van der Waals surface area contributed by atoms with E-state index in [-0.39, 0.29) is 0 Å². The molecule has 0 amide bonds. The first-order valence-electron chi connectivity index (χ1n) is 5.08. The van der Waals surface area contributed by atoms with Gasteiger partial charge in [-0.2, -0.15) is 10.2 Å². The standard InChI is InChI=1S/C13H14N2/c1-10-6-11(2)8-12(7-10)9-13-4-3-5-14-15-13/h3-8H,9H2,1-2H3. The molecular formula is C13H14N2. The van der Waals surface area contributed by atoms with Crippen LogP contribution in [0.2, 0.25) is 0 Å². The van der Waals surface area contributed by atoms with E-state index in [1.807, 2.05) is 12.1 Å². The highest BCUT2D eigenvalue weighted by Gasteiger charge is 1.99. The molecule has 2 nitrogen and oxygen atoms in total. The van der Waals surface area contributed by atoms with Crippen LogP contribution in [-0.4, -0.2) is 10.2 Å². The Morgan fingerprint density at radius 1 is 1.07 bits per heavy atom. The van der Waals surface area contributed by atoms with Crippen LogP contribution in [0.15, 0.2) is 36.5 Å². The van der Waals surface area contributed by atoms with E-state index in [0.29, 0.717) is 0 Å².